The van der Waals surface area contributed by atoms with Crippen molar-refractivity contribution in [1.82, 2.24) is 9.55 Å². The van der Waals surface area contributed by atoms with Gasteiger partial charge in [0.1, 0.15) is 5.02 Å². The normalized spacial score (nSPS) is 10.3. The largest absolute Gasteiger partial charge is 0.281 e. The Balaban J connectivity index is 2.59. The Hall–Kier alpha value is -1.68. The highest BCUT2D eigenvalue weighted by molar-refractivity contribution is 6.30. The van der Waals surface area contributed by atoms with E-state index in [2.05, 4.69) is 4.98 Å². The van der Waals surface area contributed by atoms with Crippen molar-refractivity contribution in [1.29, 1.82) is 0 Å². The Bertz CT molecular complexity index is 536. The quantitative estimate of drug-likeness (QED) is 0.695. The minimum atomic E-state index is -0.589. The molecule has 2 aromatic rings. The molecule has 0 unspecified atom stereocenters. The van der Waals surface area contributed by atoms with E-state index in [1.54, 1.807) is 12.3 Å². The summed E-state index contributed by atoms with van der Waals surface area (Å²) in [5, 5.41) is 0.113. The van der Waals surface area contributed by atoms with Crippen molar-refractivity contribution < 1.29 is 4.39 Å². The summed E-state index contributed by atoms with van der Waals surface area (Å²) in [6, 6.07) is 5.77. The molecule has 0 atom stereocenters. The van der Waals surface area contributed by atoms with Crippen molar-refractivity contribution in [3.63, 3.8) is 0 Å². The number of rotatable bonds is 1. The first kappa shape index (κ1) is 9.86. The lowest BCUT2D eigenvalue weighted by Gasteiger charge is -2.04. The van der Waals surface area contributed by atoms with Crippen LogP contribution in [0.5, 0.6) is 0 Å². The van der Waals surface area contributed by atoms with Gasteiger partial charge in [0.25, 0.3) is 5.56 Å². The predicted molar refractivity (Wildman–Crippen MR) is 54.8 cm³/mol. The monoisotopic (exact) mass is 224 g/mol. The third-order valence-corrected chi connectivity index (χ3v) is 2.18. The second kappa shape index (κ2) is 3.82. The second-order valence-electron chi connectivity index (χ2n) is 2.87. The van der Waals surface area contributed by atoms with E-state index in [4.69, 9.17) is 11.6 Å². The maximum absolute atomic E-state index is 12.6. The summed E-state index contributed by atoms with van der Waals surface area (Å²) in [5.74, 6) is -0.589. The highest BCUT2D eigenvalue weighted by Crippen LogP contribution is 2.06. The topological polar surface area (TPSA) is 34.9 Å². The molecule has 0 saturated carbocycles. The van der Waals surface area contributed by atoms with Gasteiger partial charge < -0.3 is 0 Å². The van der Waals surface area contributed by atoms with Gasteiger partial charge in [-0.2, -0.15) is 4.39 Å². The van der Waals surface area contributed by atoms with Crippen LogP contribution in [0.15, 0.2) is 41.5 Å². The molecule has 0 bridgehead atoms. The summed E-state index contributed by atoms with van der Waals surface area (Å²) in [6.07, 6.45) is 2.82. The molecule has 15 heavy (non-hydrogen) atoms. The van der Waals surface area contributed by atoms with Crippen LogP contribution in [0.1, 0.15) is 0 Å². The fraction of sp³-hybridized carbons (Fsp3) is 0. The number of halogens is 2. The van der Waals surface area contributed by atoms with Crippen molar-refractivity contribution in [2.45, 2.75) is 0 Å². The van der Waals surface area contributed by atoms with Crippen LogP contribution in [0.4, 0.5) is 4.39 Å². The zero-order chi connectivity index (χ0) is 10.8. The highest BCUT2D eigenvalue weighted by Gasteiger charge is 2.02. The first-order valence-electron chi connectivity index (χ1n) is 4.17. The van der Waals surface area contributed by atoms with Crippen LogP contribution in [0.25, 0.3) is 5.69 Å². The number of aromatic nitrogens is 2. The van der Waals surface area contributed by atoms with Gasteiger partial charge in [-0.1, -0.05) is 11.6 Å². The number of pyridine rings is 2. The lowest BCUT2D eigenvalue weighted by Crippen LogP contribution is -2.17. The third kappa shape index (κ3) is 1.89. The Morgan fingerprint density at radius 2 is 2.13 bits per heavy atom. The van der Waals surface area contributed by atoms with E-state index in [0.717, 1.165) is 0 Å². The Morgan fingerprint density at radius 1 is 1.33 bits per heavy atom. The minimum Gasteiger partial charge on any atom is -0.281 e. The van der Waals surface area contributed by atoms with Gasteiger partial charge in [0.2, 0.25) is 5.95 Å². The first-order chi connectivity index (χ1) is 7.18. The van der Waals surface area contributed by atoms with Crippen molar-refractivity contribution in [2.75, 3.05) is 0 Å². The lowest BCUT2D eigenvalue weighted by atomic mass is 10.4. The molecule has 0 fully saturated rings. The van der Waals surface area contributed by atoms with Crippen LogP contribution in [0, 0.1) is 5.95 Å². The van der Waals surface area contributed by atoms with Gasteiger partial charge in [0.15, 0.2) is 0 Å². The summed E-state index contributed by atoms with van der Waals surface area (Å²) in [6.45, 7) is 0. The summed E-state index contributed by atoms with van der Waals surface area (Å²) in [4.78, 5) is 15.0. The molecule has 0 saturated heterocycles. The fourth-order valence-electron chi connectivity index (χ4n) is 1.18. The smallest absolute Gasteiger partial charge is 0.273 e. The van der Waals surface area contributed by atoms with Crippen LogP contribution in [0.2, 0.25) is 5.02 Å². The standard InChI is InChI=1S/C10H6ClFN2O/c11-8-2-1-5-14(10(8)15)7-3-4-9(12)13-6-7/h1-6H. The third-order valence-electron chi connectivity index (χ3n) is 1.89. The molecule has 2 aromatic heterocycles. The van der Waals surface area contributed by atoms with Gasteiger partial charge >= 0.3 is 0 Å². The van der Waals surface area contributed by atoms with Gasteiger partial charge in [-0.25, -0.2) is 4.98 Å². The number of hydrogen-bond donors (Lipinski definition) is 0. The molecule has 2 rings (SSSR count). The summed E-state index contributed by atoms with van der Waals surface area (Å²) in [5.41, 5.74) is 0.122. The van der Waals surface area contributed by atoms with Crippen LogP contribution in [0.3, 0.4) is 0 Å². The molecule has 0 amide bonds. The average molecular weight is 225 g/mol. The van der Waals surface area contributed by atoms with E-state index in [9.17, 15) is 9.18 Å². The zero-order valence-electron chi connectivity index (χ0n) is 7.52. The van der Waals surface area contributed by atoms with E-state index >= 15 is 0 Å². The van der Waals surface area contributed by atoms with E-state index in [-0.39, 0.29) is 10.6 Å². The molecule has 5 heteroatoms. The summed E-state index contributed by atoms with van der Waals surface area (Å²) >= 11 is 5.67. The van der Waals surface area contributed by atoms with Crippen LogP contribution in [-0.2, 0) is 0 Å². The molecule has 0 aliphatic carbocycles. The molecular formula is C10H6ClFN2O. The van der Waals surface area contributed by atoms with Gasteiger partial charge in [-0.3, -0.25) is 9.36 Å². The maximum Gasteiger partial charge on any atom is 0.273 e. The summed E-state index contributed by atoms with van der Waals surface area (Å²) in [7, 11) is 0. The molecule has 0 aromatic carbocycles. The maximum atomic E-state index is 12.6. The second-order valence-corrected chi connectivity index (χ2v) is 3.28. The lowest BCUT2D eigenvalue weighted by molar-refractivity contribution is 0.583. The molecule has 0 aliphatic heterocycles. The van der Waals surface area contributed by atoms with E-state index < -0.39 is 5.95 Å². The van der Waals surface area contributed by atoms with Gasteiger partial charge in [-0.05, 0) is 24.3 Å². The van der Waals surface area contributed by atoms with E-state index in [1.165, 1.54) is 29.0 Å². The molecule has 0 aliphatic rings. The van der Waals surface area contributed by atoms with E-state index in [1.807, 2.05) is 0 Å². The molecular weight excluding hydrogens is 219 g/mol. The fourth-order valence-corrected chi connectivity index (χ4v) is 1.35. The Morgan fingerprint density at radius 3 is 2.80 bits per heavy atom. The molecule has 0 N–H and O–H groups in total. The molecule has 0 radical (unpaired) electrons. The van der Waals surface area contributed by atoms with Crippen LogP contribution >= 0.6 is 11.6 Å². The van der Waals surface area contributed by atoms with Crippen molar-refractivity contribution in [3.8, 4) is 5.69 Å². The highest BCUT2D eigenvalue weighted by atomic mass is 35.5. The van der Waals surface area contributed by atoms with Gasteiger partial charge in [0.05, 0.1) is 11.9 Å². The molecule has 0 spiro atoms. The SMILES string of the molecule is O=c1c(Cl)cccn1-c1ccc(F)nc1. The van der Waals surface area contributed by atoms with Crippen molar-refractivity contribution in [3.05, 3.63) is 58.0 Å². The number of hydrogen-bond acceptors (Lipinski definition) is 2. The molecule has 2 heterocycles. The Labute approximate surface area is 89.8 Å². The van der Waals surface area contributed by atoms with Gasteiger partial charge in [0, 0.05) is 6.20 Å². The van der Waals surface area contributed by atoms with Crippen molar-refractivity contribution in [2.24, 2.45) is 0 Å². The zero-order valence-corrected chi connectivity index (χ0v) is 8.28. The Kier molecular flexibility index (Phi) is 2.51. The van der Waals surface area contributed by atoms with Crippen molar-refractivity contribution >= 4 is 11.6 Å². The first-order valence-corrected chi connectivity index (χ1v) is 4.55. The minimum absolute atomic E-state index is 0.113. The van der Waals surface area contributed by atoms with E-state index in [0.29, 0.717) is 5.69 Å². The number of nitrogens with zero attached hydrogens (tertiary/aromatic N) is 2. The van der Waals surface area contributed by atoms with Crippen LogP contribution in [-0.4, -0.2) is 9.55 Å². The summed E-state index contributed by atoms with van der Waals surface area (Å²) < 4.78 is 13.9. The van der Waals surface area contributed by atoms with Gasteiger partial charge in [-0.15, -0.1) is 0 Å². The predicted octanol–water partition coefficient (Wildman–Crippen LogP) is 2.02. The average Bonchev–Trinajstić information content (AvgIpc) is 2.24. The molecule has 3 nitrogen and oxygen atoms in total. The molecule has 76 valence electrons. The van der Waals surface area contributed by atoms with Crippen LogP contribution < -0.4 is 5.56 Å².